The number of hydrogen-bond acceptors (Lipinski definition) is 3. The number of carbonyl (C=O) groups excluding carboxylic acids is 2. The summed E-state index contributed by atoms with van der Waals surface area (Å²) in [7, 11) is 0. The highest BCUT2D eigenvalue weighted by molar-refractivity contribution is 5.93. The molecule has 6 heteroatoms. The van der Waals surface area contributed by atoms with Crippen molar-refractivity contribution in [3.63, 3.8) is 0 Å². The van der Waals surface area contributed by atoms with Crippen molar-refractivity contribution in [3.05, 3.63) is 23.8 Å². The molecule has 2 atom stereocenters. The van der Waals surface area contributed by atoms with Crippen molar-refractivity contribution < 1.29 is 14.3 Å². The van der Waals surface area contributed by atoms with Crippen LogP contribution in [-0.4, -0.2) is 24.8 Å². The molecular formula is C17H25N3O3. The van der Waals surface area contributed by atoms with Crippen molar-refractivity contribution in [1.82, 2.24) is 5.32 Å². The third-order valence-corrected chi connectivity index (χ3v) is 4.27. The molecule has 1 aromatic carbocycles. The fourth-order valence-electron chi connectivity index (χ4n) is 2.87. The van der Waals surface area contributed by atoms with Crippen molar-refractivity contribution >= 4 is 23.5 Å². The van der Waals surface area contributed by atoms with Crippen molar-refractivity contribution in [3.8, 4) is 0 Å². The standard InChI is InChI=1S/C17H25N3O3/c1-4-23-17(22)20-15-10-6-9-14(12(15)3)19-16(21)18-13-8-5-7-11(13)2/h6,9-11,13H,4-5,7-8H2,1-3H3,(H,20,22)(H2,18,19,21)/t11-,13+/m1/s1. The van der Waals surface area contributed by atoms with Crippen LogP contribution in [0.15, 0.2) is 18.2 Å². The van der Waals surface area contributed by atoms with E-state index in [2.05, 4.69) is 22.9 Å². The zero-order chi connectivity index (χ0) is 16.8. The quantitative estimate of drug-likeness (QED) is 0.788. The Bertz CT molecular complexity index is 574. The van der Waals surface area contributed by atoms with Gasteiger partial charge in [-0.2, -0.15) is 0 Å². The second-order valence-electron chi connectivity index (χ2n) is 5.94. The first-order valence-electron chi connectivity index (χ1n) is 8.12. The summed E-state index contributed by atoms with van der Waals surface area (Å²) in [4.78, 5) is 23.7. The van der Waals surface area contributed by atoms with Crippen LogP contribution in [0.2, 0.25) is 0 Å². The molecule has 0 saturated heterocycles. The summed E-state index contributed by atoms with van der Waals surface area (Å²) in [5, 5.41) is 8.56. The number of carbonyl (C=O) groups is 2. The monoisotopic (exact) mass is 319 g/mol. The fourth-order valence-corrected chi connectivity index (χ4v) is 2.87. The molecule has 6 nitrogen and oxygen atoms in total. The smallest absolute Gasteiger partial charge is 0.411 e. The summed E-state index contributed by atoms with van der Waals surface area (Å²) < 4.78 is 4.87. The minimum absolute atomic E-state index is 0.208. The van der Waals surface area contributed by atoms with Gasteiger partial charge < -0.3 is 15.4 Å². The van der Waals surface area contributed by atoms with E-state index in [1.54, 1.807) is 19.1 Å². The number of nitrogens with one attached hydrogen (secondary N) is 3. The van der Waals surface area contributed by atoms with Crippen LogP contribution in [0.5, 0.6) is 0 Å². The second-order valence-corrected chi connectivity index (χ2v) is 5.94. The third kappa shape index (κ3) is 4.61. The molecule has 0 spiro atoms. The summed E-state index contributed by atoms with van der Waals surface area (Å²) in [6, 6.07) is 5.39. The molecule has 2 rings (SSSR count). The number of anilines is 2. The molecule has 0 unspecified atom stereocenters. The summed E-state index contributed by atoms with van der Waals surface area (Å²) >= 11 is 0. The molecule has 1 aliphatic rings. The Morgan fingerprint density at radius 2 is 1.91 bits per heavy atom. The first-order valence-corrected chi connectivity index (χ1v) is 8.12. The number of ether oxygens (including phenoxy) is 1. The zero-order valence-electron chi connectivity index (χ0n) is 13.9. The largest absolute Gasteiger partial charge is 0.450 e. The average Bonchev–Trinajstić information content (AvgIpc) is 2.89. The molecule has 126 valence electrons. The van der Waals surface area contributed by atoms with Gasteiger partial charge in [-0.05, 0) is 50.3 Å². The number of benzene rings is 1. The van der Waals surface area contributed by atoms with Crippen molar-refractivity contribution in [2.45, 2.75) is 46.1 Å². The van der Waals surface area contributed by atoms with Gasteiger partial charge in [0.2, 0.25) is 0 Å². The van der Waals surface area contributed by atoms with Crippen LogP contribution in [-0.2, 0) is 4.74 Å². The predicted molar refractivity (Wildman–Crippen MR) is 90.8 cm³/mol. The first-order chi connectivity index (χ1) is 11.0. The van der Waals surface area contributed by atoms with Crippen LogP contribution in [0.1, 0.15) is 38.7 Å². The molecule has 3 N–H and O–H groups in total. The first kappa shape index (κ1) is 17.1. The lowest BCUT2D eigenvalue weighted by molar-refractivity contribution is 0.168. The Morgan fingerprint density at radius 3 is 2.52 bits per heavy atom. The highest BCUT2D eigenvalue weighted by Crippen LogP contribution is 2.26. The second kappa shape index (κ2) is 7.85. The molecular weight excluding hydrogens is 294 g/mol. The molecule has 1 saturated carbocycles. The fraction of sp³-hybridized carbons (Fsp3) is 0.529. The summed E-state index contributed by atoms with van der Waals surface area (Å²) in [5.74, 6) is 0.513. The molecule has 1 aromatic rings. The Kier molecular flexibility index (Phi) is 5.84. The van der Waals surface area contributed by atoms with Crippen molar-refractivity contribution in [2.24, 2.45) is 5.92 Å². The van der Waals surface area contributed by atoms with E-state index in [4.69, 9.17) is 4.74 Å². The average molecular weight is 319 g/mol. The molecule has 0 aliphatic heterocycles. The van der Waals surface area contributed by atoms with Crippen LogP contribution in [0, 0.1) is 12.8 Å². The van der Waals surface area contributed by atoms with E-state index in [1.165, 1.54) is 0 Å². The zero-order valence-corrected chi connectivity index (χ0v) is 13.9. The van der Waals surface area contributed by atoms with E-state index >= 15 is 0 Å². The predicted octanol–water partition coefficient (Wildman–Crippen LogP) is 3.87. The van der Waals surface area contributed by atoms with E-state index in [0.717, 1.165) is 24.8 Å². The number of amides is 3. The SMILES string of the molecule is CCOC(=O)Nc1cccc(NC(=O)N[C@H]2CCC[C@H]2C)c1C. The van der Waals surface area contributed by atoms with Crippen LogP contribution in [0.3, 0.4) is 0 Å². The van der Waals surface area contributed by atoms with Crippen LogP contribution in [0.4, 0.5) is 21.0 Å². The Balaban J connectivity index is 1.99. The topological polar surface area (TPSA) is 79.5 Å². The molecule has 1 aliphatic carbocycles. The van der Waals surface area contributed by atoms with Gasteiger partial charge >= 0.3 is 12.1 Å². The minimum atomic E-state index is -0.503. The molecule has 0 radical (unpaired) electrons. The highest BCUT2D eigenvalue weighted by Gasteiger charge is 2.24. The number of rotatable bonds is 4. The van der Waals surface area contributed by atoms with E-state index in [-0.39, 0.29) is 12.1 Å². The molecule has 23 heavy (non-hydrogen) atoms. The Morgan fingerprint density at radius 1 is 1.22 bits per heavy atom. The van der Waals surface area contributed by atoms with Crippen molar-refractivity contribution in [2.75, 3.05) is 17.2 Å². The van der Waals surface area contributed by atoms with Crippen molar-refractivity contribution in [1.29, 1.82) is 0 Å². The van der Waals surface area contributed by atoms with Gasteiger partial charge in [0.1, 0.15) is 0 Å². The number of hydrogen-bond donors (Lipinski definition) is 3. The lowest BCUT2D eigenvalue weighted by atomic mass is 10.1. The van der Waals surface area contributed by atoms with Gasteiger partial charge in [-0.3, -0.25) is 5.32 Å². The van der Waals surface area contributed by atoms with E-state index < -0.39 is 6.09 Å². The molecule has 0 bridgehead atoms. The van der Waals surface area contributed by atoms with Crippen LogP contribution < -0.4 is 16.0 Å². The Labute approximate surface area is 137 Å². The normalized spacial score (nSPS) is 20.0. The third-order valence-electron chi connectivity index (χ3n) is 4.27. The minimum Gasteiger partial charge on any atom is -0.450 e. The van der Waals surface area contributed by atoms with E-state index in [9.17, 15) is 9.59 Å². The lowest BCUT2D eigenvalue weighted by Crippen LogP contribution is -2.39. The summed E-state index contributed by atoms with van der Waals surface area (Å²) in [5.41, 5.74) is 2.08. The van der Waals surface area contributed by atoms with Gasteiger partial charge in [0, 0.05) is 17.4 Å². The van der Waals surface area contributed by atoms with E-state index in [1.807, 2.05) is 13.0 Å². The van der Waals surface area contributed by atoms with Gasteiger partial charge in [-0.15, -0.1) is 0 Å². The number of urea groups is 1. The molecule has 3 amide bonds. The highest BCUT2D eigenvalue weighted by atomic mass is 16.5. The molecule has 1 fully saturated rings. The summed E-state index contributed by atoms with van der Waals surface area (Å²) in [6.45, 7) is 6.06. The maximum Gasteiger partial charge on any atom is 0.411 e. The summed E-state index contributed by atoms with van der Waals surface area (Å²) in [6.07, 6.45) is 2.84. The molecule has 0 heterocycles. The maximum atomic E-state index is 12.2. The van der Waals surface area contributed by atoms with Gasteiger partial charge in [0.15, 0.2) is 0 Å². The lowest BCUT2D eigenvalue weighted by Gasteiger charge is -2.19. The van der Waals surface area contributed by atoms with Crippen LogP contribution >= 0.6 is 0 Å². The van der Waals surface area contributed by atoms with Gasteiger partial charge in [0.05, 0.1) is 6.61 Å². The van der Waals surface area contributed by atoms with Gasteiger partial charge in [-0.25, -0.2) is 9.59 Å². The molecule has 0 aromatic heterocycles. The van der Waals surface area contributed by atoms with Gasteiger partial charge in [-0.1, -0.05) is 19.4 Å². The Hall–Kier alpha value is -2.24. The van der Waals surface area contributed by atoms with Crippen LogP contribution in [0.25, 0.3) is 0 Å². The van der Waals surface area contributed by atoms with Gasteiger partial charge in [0.25, 0.3) is 0 Å². The van der Waals surface area contributed by atoms with E-state index in [0.29, 0.717) is 23.9 Å². The maximum absolute atomic E-state index is 12.2.